The zero-order valence-corrected chi connectivity index (χ0v) is 14.6. The summed E-state index contributed by atoms with van der Waals surface area (Å²) in [6, 6.07) is 0.794. The van der Waals surface area contributed by atoms with E-state index in [0.29, 0.717) is 31.6 Å². The lowest BCUT2D eigenvalue weighted by Gasteiger charge is -2.36. The third-order valence-corrected chi connectivity index (χ3v) is 5.60. The third kappa shape index (κ3) is 5.03. The maximum Gasteiger partial charge on any atom is 0.240 e. The van der Waals surface area contributed by atoms with E-state index in [1.807, 2.05) is 0 Å². The zero-order chi connectivity index (χ0) is 16.8. The minimum Gasteiger partial charge on any atom is -0.356 e. The Morgan fingerprint density at radius 3 is 2.79 bits per heavy atom. The van der Waals surface area contributed by atoms with Crippen molar-refractivity contribution >= 4 is 17.5 Å². The van der Waals surface area contributed by atoms with Crippen LogP contribution in [-0.2, 0) is 9.59 Å². The van der Waals surface area contributed by atoms with Crippen LogP contribution in [0.3, 0.4) is 0 Å². The van der Waals surface area contributed by atoms with Crippen LogP contribution in [0.15, 0.2) is 5.10 Å². The number of piperidine rings is 1. The maximum atomic E-state index is 12.1. The first-order valence-electron chi connectivity index (χ1n) is 9.56. The minimum absolute atomic E-state index is 0.0349. The molecule has 1 aliphatic carbocycles. The molecule has 1 saturated carbocycles. The molecular weight excluding hydrogens is 304 g/mol. The fourth-order valence-electron chi connectivity index (χ4n) is 4.16. The zero-order valence-electron chi connectivity index (χ0n) is 14.6. The summed E-state index contributed by atoms with van der Waals surface area (Å²) < 4.78 is 0. The molecule has 134 valence electrons. The van der Waals surface area contributed by atoms with Crippen LogP contribution < -0.4 is 10.7 Å². The van der Waals surface area contributed by atoms with Gasteiger partial charge in [-0.15, -0.1) is 0 Å². The molecule has 0 aromatic rings. The Morgan fingerprint density at radius 2 is 2.04 bits per heavy atom. The van der Waals surface area contributed by atoms with Crippen molar-refractivity contribution in [3.05, 3.63) is 0 Å². The molecule has 24 heavy (non-hydrogen) atoms. The Kier molecular flexibility index (Phi) is 6.24. The maximum absolute atomic E-state index is 12.1. The number of carbonyl (C=O) groups excluding carboxylic acids is 2. The normalized spacial score (nSPS) is 26.1. The van der Waals surface area contributed by atoms with Gasteiger partial charge in [0.25, 0.3) is 0 Å². The van der Waals surface area contributed by atoms with E-state index >= 15 is 0 Å². The van der Waals surface area contributed by atoms with Crippen molar-refractivity contribution < 1.29 is 9.59 Å². The Labute approximate surface area is 144 Å². The van der Waals surface area contributed by atoms with Crippen LogP contribution in [0.25, 0.3) is 0 Å². The second kappa shape index (κ2) is 8.60. The Hall–Kier alpha value is -1.43. The molecule has 2 heterocycles. The summed E-state index contributed by atoms with van der Waals surface area (Å²) >= 11 is 0. The highest BCUT2D eigenvalue weighted by atomic mass is 16.2. The molecule has 0 unspecified atom stereocenters. The number of hydrogen-bond donors (Lipinski definition) is 2. The van der Waals surface area contributed by atoms with Crippen molar-refractivity contribution in [1.29, 1.82) is 0 Å². The van der Waals surface area contributed by atoms with Crippen LogP contribution in [0.5, 0.6) is 0 Å². The SMILES string of the molecule is O=C(CCC1=NNC(=O)CC1)NC[C@@H]1CCCN(C2CCCC2)C1. The van der Waals surface area contributed by atoms with Gasteiger partial charge in [0.2, 0.25) is 11.8 Å². The first-order chi connectivity index (χ1) is 11.7. The lowest BCUT2D eigenvalue weighted by molar-refractivity contribution is -0.121. The molecular formula is C18H30N4O2. The summed E-state index contributed by atoms with van der Waals surface area (Å²) in [6.07, 6.45) is 10.2. The van der Waals surface area contributed by atoms with Crippen molar-refractivity contribution in [2.24, 2.45) is 11.0 Å². The molecule has 0 radical (unpaired) electrons. The van der Waals surface area contributed by atoms with Gasteiger partial charge < -0.3 is 10.2 Å². The Balaban J connectivity index is 1.34. The van der Waals surface area contributed by atoms with E-state index in [2.05, 4.69) is 20.7 Å². The lowest BCUT2D eigenvalue weighted by atomic mass is 9.96. The van der Waals surface area contributed by atoms with Crippen LogP contribution in [0.4, 0.5) is 0 Å². The molecule has 0 spiro atoms. The first-order valence-corrected chi connectivity index (χ1v) is 9.56. The van der Waals surface area contributed by atoms with E-state index in [-0.39, 0.29) is 11.8 Å². The number of carbonyl (C=O) groups is 2. The van der Waals surface area contributed by atoms with Gasteiger partial charge in [-0.05, 0) is 51.0 Å². The van der Waals surface area contributed by atoms with E-state index in [4.69, 9.17) is 0 Å². The number of likely N-dealkylation sites (tertiary alicyclic amines) is 1. The monoisotopic (exact) mass is 334 g/mol. The fraction of sp³-hybridized carbons (Fsp3) is 0.833. The number of rotatable bonds is 6. The Bertz CT molecular complexity index is 485. The predicted octanol–water partition coefficient (Wildman–Crippen LogP) is 1.80. The molecule has 0 aromatic carbocycles. The fourth-order valence-corrected chi connectivity index (χ4v) is 4.16. The highest BCUT2D eigenvalue weighted by Crippen LogP contribution is 2.27. The van der Waals surface area contributed by atoms with Crippen molar-refractivity contribution in [3.8, 4) is 0 Å². The number of hydrogen-bond acceptors (Lipinski definition) is 4. The molecule has 3 rings (SSSR count). The summed E-state index contributed by atoms with van der Waals surface area (Å²) in [5.74, 6) is 0.662. The van der Waals surface area contributed by atoms with Gasteiger partial charge in [0, 0.05) is 37.7 Å². The molecule has 6 heteroatoms. The van der Waals surface area contributed by atoms with E-state index in [9.17, 15) is 9.59 Å². The average Bonchev–Trinajstić information content (AvgIpc) is 3.14. The minimum atomic E-state index is -0.0349. The van der Waals surface area contributed by atoms with Crippen molar-refractivity contribution in [3.63, 3.8) is 0 Å². The van der Waals surface area contributed by atoms with Crippen molar-refractivity contribution in [1.82, 2.24) is 15.6 Å². The van der Waals surface area contributed by atoms with Gasteiger partial charge in [-0.3, -0.25) is 9.59 Å². The highest BCUT2D eigenvalue weighted by Gasteiger charge is 2.27. The van der Waals surface area contributed by atoms with Crippen LogP contribution in [0.1, 0.15) is 64.2 Å². The average molecular weight is 334 g/mol. The van der Waals surface area contributed by atoms with Crippen LogP contribution in [0.2, 0.25) is 0 Å². The van der Waals surface area contributed by atoms with Gasteiger partial charge in [0.05, 0.1) is 0 Å². The number of nitrogens with zero attached hydrogens (tertiary/aromatic N) is 2. The van der Waals surface area contributed by atoms with E-state index in [1.165, 1.54) is 45.1 Å². The van der Waals surface area contributed by atoms with Crippen molar-refractivity contribution in [2.75, 3.05) is 19.6 Å². The van der Waals surface area contributed by atoms with Gasteiger partial charge in [-0.25, -0.2) is 5.43 Å². The number of nitrogens with one attached hydrogen (secondary N) is 2. The summed E-state index contributed by atoms with van der Waals surface area (Å²) in [4.78, 5) is 25.8. The molecule has 2 amide bonds. The van der Waals surface area contributed by atoms with Gasteiger partial charge in [-0.2, -0.15) is 5.10 Å². The second-order valence-electron chi connectivity index (χ2n) is 7.46. The standard InChI is InChI=1S/C18H30N4O2/c23-17(9-7-15-8-10-18(24)21-20-15)19-12-14-4-3-11-22(13-14)16-5-1-2-6-16/h14,16H,1-13H2,(H,19,23)(H,21,24)/t14-/m0/s1. The van der Waals surface area contributed by atoms with Crippen LogP contribution in [-0.4, -0.2) is 48.1 Å². The molecule has 2 fully saturated rings. The van der Waals surface area contributed by atoms with Crippen molar-refractivity contribution in [2.45, 2.75) is 70.3 Å². The van der Waals surface area contributed by atoms with Gasteiger partial charge in [0.15, 0.2) is 0 Å². The van der Waals surface area contributed by atoms with E-state index < -0.39 is 0 Å². The van der Waals surface area contributed by atoms with Gasteiger partial charge >= 0.3 is 0 Å². The smallest absolute Gasteiger partial charge is 0.240 e. The number of hydrazone groups is 1. The third-order valence-electron chi connectivity index (χ3n) is 5.60. The predicted molar refractivity (Wildman–Crippen MR) is 93.6 cm³/mol. The topological polar surface area (TPSA) is 73.8 Å². The largest absolute Gasteiger partial charge is 0.356 e. The van der Waals surface area contributed by atoms with Gasteiger partial charge in [0.1, 0.15) is 0 Å². The van der Waals surface area contributed by atoms with Crippen LogP contribution >= 0.6 is 0 Å². The first kappa shape index (κ1) is 17.4. The second-order valence-corrected chi connectivity index (χ2v) is 7.46. The van der Waals surface area contributed by atoms with Gasteiger partial charge in [-0.1, -0.05) is 12.8 Å². The molecule has 1 atom stereocenters. The summed E-state index contributed by atoms with van der Waals surface area (Å²) in [7, 11) is 0. The quantitative estimate of drug-likeness (QED) is 0.778. The number of amides is 2. The van der Waals surface area contributed by atoms with Crippen LogP contribution in [0, 0.1) is 5.92 Å². The molecule has 0 bridgehead atoms. The molecule has 6 nitrogen and oxygen atoms in total. The highest BCUT2D eigenvalue weighted by molar-refractivity contribution is 5.94. The van der Waals surface area contributed by atoms with E-state index in [1.54, 1.807) is 0 Å². The Morgan fingerprint density at radius 1 is 1.21 bits per heavy atom. The molecule has 0 aromatic heterocycles. The van der Waals surface area contributed by atoms with E-state index in [0.717, 1.165) is 24.8 Å². The summed E-state index contributed by atoms with van der Waals surface area (Å²) in [6.45, 7) is 3.18. The molecule has 3 aliphatic rings. The lowest BCUT2D eigenvalue weighted by Crippen LogP contribution is -2.44. The molecule has 1 saturated heterocycles. The summed E-state index contributed by atoms with van der Waals surface area (Å²) in [5.41, 5.74) is 3.41. The molecule has 2 N–H and O–H groups in total. The summed E-state index contributed by atoms with van der Waals surface area (Å²) in [5, 5.41) is 7.12. The molecule has 2 aliphatic heterocycles.